The van der Waals surface area contributed by atoms with Crippen LogP contribution in [0.3, 0.4) is 0 Å². The van der Waals surface area contributed by atoms with Crippen molar-refractivity contribution in [3.8, 4) is 0 Å². The molecule has 1 aromatic heterocycles. The summed E-state index contributed by atoms with van der Waals surface area (Å²) in [6.45, 7) is 3.47. The number of anilines is 1. The van der Waals surface area contributed by atoms with Gasteiger partial charge in [-0.2, -0.15) is 0 Å². The van der Waals surface area contributed by atoms with Crippen LogP contribution in [-0.4, -0.2) is 46.1 Å². The van der Waals surface area contributed by atoms with E-state index in [2.05, 4.69) is 27.5 Å². The van der Waals surface area contributed by atoms with Gasteiger partial charge in [0.1, 0.15) is 5.15 Å². The van der Waals surface area contributed by atoms with E-state index in [1.165, 1.54) is 12.3 Å². The second-order valence-electron chi connectivity index (χ2n) is 7.95. The van der Waals surface area contributed by atoms with Gasteiger partial charge in [0.25, 0.3) is 5.91 Å². The van der Waals surface area contributed by atoms with Crippen molar-refractivity contribution in [1.29, 1.82) is 0 Å². The van der Waals surface area contributed by atoms with Gasteiger partial charge < -0.3 is 21.1 Å². The molecule has 2 atom stereocenters. The zero-order chi connectivity index (χ0) is 20.8. The van der Waals surface area contributed by atoms with Crippen LogP contribution in [0, 0.1) is 0 Å². The SMILES string of the molecule is C=CC(=O)NC1CCC(NC(=O)c2cnc(Cl)cc2N[C@H]2CCC[C@@H](O)C2)CC1. The molecule has 3 rings (SSSR count). The van der Waals surface area contributed by atoms with E-state index in [0.29, 0.717) is 22.8 Å². The van der Waals surface area contributed by atoms with Crippen LogP contribution in [0.5, 0.6) is 0 Å². The van der Waals surface area contributed by atoms with Gasteiger partial charge in [-0.05, 0) is 63.5 Å². The van der Waals surface area contributed by atoms with E-state index in [1.807, 2.05) is 0 Å². The molecule has 29 heavy (non-hydrogen) atoms. The van der Waals surface area contributed by atoms with Gasteiger partial charge in [0, 0.05) is 24.3 Å². The maximum Gasteiger partial charge on any atom is 0.255 e. The van der Waals surface area contributed by atoms with Gasteiger partial charge in [-0.25, -0.2) is 4.98 Å². The van der Waals surface area contributed by atoms with Crippen LogP contribution in [0.2, 0.25) is 5.15 Å². The van der Waals surface area contributed by atoms with E-state index >= 15 is 0 Å². The van der Waals surface area contributed by atoms with Crippen LogP contribution < -0.4 is 16.0 Å². The average molecular weight is 421 g/mol. The van der Waals surface area contributed by atoms with Crippen LogP contribution in [0.25, 0.3) is 0 Å². The number of amides is 2. The Morgan fingerprint density at radius 2 is 1.79 bits per heavy atom. The molecule has 0 aliphatic heterocycles. The maximum atomic E-state index is 12.9. The zero-order valence-corrected chi connectivity index (χ0v) is 17.3. The summed E-state index contributed by atoms with van der Waals surface area (Å²) in [5.74, 6) is -0.347. The lowest BCUT2D eigenvalue weighted by molar-refractivity contribution is -0.117. The fourth-order valence-electron chi connectivity index (χ4n) is 4.15. The Morgan fingerprint density at radius 3 is 2.45 bits per heavy atom. The molecular formula is C21H29ClN4O3. The highest BCUT2D eigenvalue weighted by molar-refractivity contribution is 6.29. The lowest BCUT2D eigenvalue weighted by Crippen LogP contribution is -2.43. The van der Waals surface area contributed by atoms with Gasteiger partial charge in [-0.3, -0.25) is 9.59 Å². The minimum Gasteiger partial charge on any atom is -0.393 e. The third kappa shape index (κ3) is 6.18. The number of nitrogens with zero attached hydrogens (tertiary/aromatic N) is 1. The molecule has 0 radical (unpaired) electrons. The number of pyridine rings is 1. The largest absolute Gasteiger partial charge is 0.393 e. The fourth-order valence-corrected chi connectivity index (χ4v) is 4.31. The third-order valence-electron chi connectivity index (χ3n) is 5.72. The number of carbonyl (C=O) groups is 2. The highest BCUT2D eigenvalue weighted by Gasteiger charge is 2.26. The highest BCUT2D eigenvalue weighted by Crippen LogP contribution is 2.26. The van der Waals surface area contributed by atoms with E-state index in [9.17, 15) is 14.7 Å². The summed E-state index contributed by atoms with van der Waals surface area (Å²) >= 11 is 6.06. The quantitative estimate of drug-likeness (QED) is 0.418. The predicted octanol–water partition coefficient (Wildman–Crippen LogP) is 2.79. The van der Waals surface area contributed by atoms with Crippen molar-refractivity contribution < 1.29 is 14.7 Å². The molecule has 1 heterocycles. The molecule has 158 valence electrons. The fraction of sp³-hybridized carbons (Fsp3) is 0.571. The van der Waals surface area contributed by atoms with E-state index in [4.69, 9.17) is 11.6 Å². The van der Waals surface area contributed by atoms with Crippen molar-refractivity contribution in [1.82, 2.24) is 15.6 Å². The summed E-state index contributed by atoms with van der Waals surface area (Å²) in [5.41, 5.74) is 1.10. The van der Waals surface area contributed by atoms with Gasteiger partial charge in [0.15, 0.2) is 0 Å². The molecule has 2 fully saturated rings. The molecule has 7 nitrogen and oxygen atoms in total. The molecule has 4 N–H and O–H groups in total. The first-order chi connectivity index (χ1) is 13.9. The van der Waals surface area contributed by atoms with Crippen LogP contribution in [0.15, 0.2) is 24.9 Å². The summed E-state index contributed by atoms with van der Waals surface area (Å²) in [5, 5.41) is 19.6. The number of carbonyl (C=O) groups excluding carboxylic acids is 2. The first-order valence-electron chi connectivity index (χ1n) is 10.3. The Labute approximate surface area is 176 Å². The molecule has 1 aromatic rings. The second-order valence-corrected chi connectivity index (χ2v) is 8.34. The second kappa shape index (κ2) is 10.1. The number of aromatic nitrogens is 1. The van der Waals surface area contributed by atoms with E-state index in [-0.39, 0.29) is 36.0 Å². The Kier molecular flexibility index (Phi) is 7.50. The van der Waals surface area contributed by atoms with Crippen LogP contribution in [0.4, 0.5) is 5.69 Å². The van der Waals surface area contributed by atoms with Crippen LogP contribution in [0.1, 0.15) is 61.7 Å². The van der Waals surface area contributed by atoms with Crippen molar-refractivity contribution in [2.45, 2.75) is 75.6 Å². The van der Waals surface area contributed by atoms with Crippen LogP contribution in [-0.2, 0) is 4.79 Å². The summed E-state index contributed by atoms with van der Waals surface area (Å²) in [7, 11) is 0. The lowest BCUT2D eigenvalue weighted by Gasteiger charge is -2.30. The molecule has 2 aliphatic rings. The smallest absolute Gasteiger partial charge is 0.255 e. The van der Waals surface area contributed by atoms with Crippen molar-refractivity contribution in [2.24, 2.45) is 0 Å². The van der Waals surface area contributed by atoms with Gasteiger partial charge in [-0.15, -0.1) is 0 Å². The van der Waals surface area contributed by atoms with Gasteiger partial charge in [-0.1, -0.05) is 18.2 Å². The molecule has 8 heteroatoms. The Bertz CT molecular complexity index is 749. The molecule has 0 spiro atoms. The van der Waals surface area contributed by atoms with Gasteiger partial charge >= 0.3 is 0 Å². The standard InChI is InChI=1S/C21H29ClN4O3/c1-2-20(28)25-13-6-8-14(9-7-13)26-21(29)17-12-23-19(22)11-18(17)24-15-4-3-5-16(27)10-15/h2,11-16,27H,1,3-10H2,(H,23,24)(H,25,28)(H,26,29)/t13?,14?,15-,16+/m0/s1. The summed E-state index contributed by atoms with van der Waals surface area (Å²) < 4.78 is 0. The summed E-state index contributed by atoms with van der Waals surface area (Å²) in [6, 6.07) is 1.95. The molecule has 2 aliphatic carbocycles. The first-order valence-corrected chi connectivity index (χ1v) is 10.7. The Hall–Kier alpha value is -2.12. The number of aliphatic hydroxyl groups is 1. The van der Waals surface area contributed by atoms with E-state index in [1.54, 1.807) is 6.07 Å². The van der Waals surface area contributed by atoms with E-state index < -0.39 is 0 Å². The number of hydrogen-bond acceptors (Lipinski definition) is 5. The number of hydrogen-bond donors (Lipinski definition) is 4. The summed E-state index contributed by atoms with van der Waals surface area (Å²) in [6.07, 6.45) is 9.05. The van der Waals surface area contributed by atoms with Crippen molar-refractivity contribution >= 4 is 29.1 Å². The topological polar surface area (TPSA) is 103 Å². The average Bonchev–Trinajstić information content (AvgIpc) is 2.69. The number of aliphatic hydroxyl groups excluding tert-OH is 1. The van der Waals surface area contributed by atoms with Crippen molar-refractivity contribution in [2.75, 3.05) is 5.32 Å². The molecule has 0 aromatic carbocycles. The monoisotopic (exact) mass is 420 g/mol. The van der Waals surface area contributed by atoms with Crippen LogP contribution >= 0.6 is 11.6 Å². The van der Waals surface area contributed by atoms with Crippen molar-refractivity contribution in [3.05, 3.63) is 35.6 Å². The maximum absolute atomic E-state index is 12.9. The number of rotatable bonds is 6. The zero-order valence-electron chi connectivity index (χ0n) is 16.5. The number of nitrogens with one attached hydrogen (secondary N) is 3. The Morgan fingerprint density at radius 1 is 1.10 bits per heavy atom. The number of halogens is 1. The van der Waals surface area contributed by atoms with Gasteiger partial charge in [0.2, 0.25) is 5.91 Å². The third-order valence-corrected chi connectivity index (χ3v) is 5.92. The van der Waals surface area contributed by atoms with E-state index in [0.717, 1.165) is 44.9 Å². The molecule has 2 amide bonds. The molecule has 0 bridgehead atoms. The first kappa shape index (κ1) is 21.6. The molecule has 2 saturated carbocycles. The molecule has 0 unspecified atom stereocenters. The predicted molar refractivity (Wildman–Crippen MR) is 113 cm³/mol. The normalized spacial score (nSPS) is 27.0. The minimum atomic E-state index is -0.312. The van der Waals surface area contributed by atoms with Gasteiger partial charge in [0.05, 0.1) is 17.4 Å². The Balaban J connectivity index is 1.59. The highest BCUT2D eigenvalue weighted by atomic mass is 35.5. The minimum absolute atomic E-state index is 0.0550. The molecular weight excluding hydrogens is 392 g/mol. The summed E-state index contributed by atoms with van der Waals surface area (Å²) in [4.78, 5) is 28.4. The molecule has 0 saturated heterocycles. The van der Waals surface area contributed by atoms with Crippen molar-refractivity contribution in [3.63, 3.8) is 0 Å². The lowest BCUT2D eigenvalue weighted by atomic mass is 9.91.